The number of nitrogens with zero attached hydrogens (tertiary/aromatic N) is 4. The Balaban J connectivity index is 1.38. The Labute approximate surface area is 194 Å². The molecule has 0 radical (unpaired) electrons. The Morgan fingerprint density at radius 2 is 1.94 bits per heavy atom. The SMILES string of the molecule is O=C([C@H]1[C@H](CO)[C@H]2Cn3c(ccc(-c4cccnc4)c3=O)[C@H]2N1CC1CC1)N1CCCCC1. The largest absolute Gasteiger partial charge is 0.396 e. The molecular weight excluding hydrogens is 416 g/mol. The number of aliphatic hydroxyl groups excluding tert-OH is 1. The van der Waals surface area contributed by atoms with E-state index in [0.29, 0.717) is 18.0 Å². The van der Waals surface area contributed by atoms with E-state index < -0.39 is 0 Å². The Bertz CT molecular complexity index is 1090. The lowest BCUT2D eigenvalue weighted by molar-refractivity contribution is -0.139. The third kappa shape index (κ3) is 3.53. The van der Waals surface area contributed by atoms with Gasteiger partial charge in [-0.15, -0.1) is 0 Å². The van der Waals surface area contributed by atoms with Crippen LogP contribution in [-0.4, -0.2) is 62.6 Å². The van der Waals surface area contributed by atoms with Gasteiger partial charge in [-0.05, 0) is 56.2 Å². The minimum atomic E-state index is -0.287. The van der Waals surface area contributed by atoms with E-state index in [4.69, 9.17) is 0 Å². The molecular formula is C26H32N4O3. The Kier molecular flexibility index (Phi) is 5.34. The van der Waals surface area contributed by atoms with E-state index in [1.54, 1.807) is 12.4 Å². The average molecular weight is 449 g/mol. The van der Waals surface area contributed by atoms with Crippen molar-refractivity contribution in [2.24, 2.45) is 17.8 Å². The van der Waals surface area contributed by atoms with Crippen molar-refractivity contribution in [3.8, 4) is 11.1 Å². The number of hydrogen-bond acceptors (Lipinski definition) is 5. The molecule has 4 atom stereocenters. The number of carbonyl (C=O) groups is 1. The molecule has 174 valence electrons. The molecule has 33 heavy (non-hydrogen) atoms. The summed E-state index contributed by atoms with van der Waals surface area (Å²) in [6.07, 6.45) is 9.15. The number of aromatic nitrogens is 2. The van der Waals surface area contributed by atoms with Crippen molar-refractivity contribution in [2.45, 2.75) is 50.7 Å². The lowest BCUT2D eigenvalue weighted by atomic mass is 9.88. The highest BCUT2D eigenvalue weighted by molar-refractivity contribution is 5.83. The van der Waals surface area contributed by atoms with Crippen molar-refractivity contribution < 1.29 is 9.90 Å². The second-order valence-electron chi connectivity index (χ2n) is 10.3. The van der Waals surface area contributed by atoms with E-state index in [2.05, 4.69) is 16.0 Å². The molecule has 2 aromatic rings. The van der Waals surface area contributed by atoms with Gasteiger partial charge in [0.2, 0.25) is 5.91 Å². The van der Waals surface area contributed by atoms with Crippen LogP contribution in [0, 0.1) is 17.8 Å². The molecule has 3 fully saturated rings. The molecule has 2 saturated heterocycles. The zero-order chi connectivity index (χ0) is 22.5. The summed E-state index contributed by atoms with van der Waals surface area (Å²) in [7, 11) is 0. The van der Waals surface area contributed by atoms with E-state index >= 15 is 0 Å². The number of rotatable bonds is 5. The lowest BCUT2D eigenvalue weighted by Crippen LogP contribution is -2.51. The fourth-order valence-corrected chi connectivity index (χ4v) is 6.44. The predicted octanol–water partition coefficient (Wildman–Crippen LogP) is 2.30. The third-order valence-corrected chi connectivity index (χ3v) is 8.25. The van der Waals surface area contributed by atoms with Crippen LogP contribution in [0.3, 0.4) is 0 Å². The van der Waals surface area contributed by atoms with E-state index in [-0.39, 0.29) is 42.0 Å². The molecule has 0 spiro atoms. The van der Waals surface area contributed by atoms with Crippen molar-refractivity contribution in [1.29, 1.82) is 0 Å². The summed E-state index contributed by atoms with van der Waals surface area (Å²) in [6, 6.07) is 7.46. The van der Waals surface area contributed by atoms with Crippen LogP contribution in [0.15, 0.2) is 41.5 Å². The third-order valence-electron chi connectivity index (χ3n) is 8.25. The van der Waals surface area contributed by atoms with Gasteiger partial charge in [0.1, 0.15) is 0 Å². The number of pyridine rings is 2. The minimum Gasteiger partial charge on any atom is -0.396 e. The standard InChI is InChI=1S/C26H32N4O3/c31-16-21-20-15-29-22(9-8-19(25(29)32)18-5-4-10-27-13-18)23(20)30(14-17-6-7-17)24(21)26(33)28-11-2-1-3-12-28/h4-5,8-10,13,17,20-21,23-24,31H,1-3,6-7,11-12,14-16H2/t20-,21-,23+,24-/m1/s1. The second kappa shape index (κ2) is 8.37. The Hall–Kier alpha value is -2.51. The molecule has 0 unspecified atom stereocenters. The molecule has 1 N–H and O–H groups in total. The normalized spacial score (nSPS) is 29.2. The van der Waals surface area contributed by atoms with Crippen LogP contribution in [0.1, 0.15) is 43.8 Å². The van der Waals surface area contributed by atoms with Crippen LogP contribution >= 0.6 is 0 Å². The average Bonchev–Trinajstić information content (AvgIpc) is 3.52. The first-order valence-corrected chi connectivity index (χ1v) is 12.5. The molecule has 4 aliphatic rings. The highest BCUT2D eigenvalue weighted by atomic mass is 16.3. The summed E-state index contributed by atoms with van der Waals surface area (Å²) >= 11 is 0. The van der Waals surface area contributed by atoms with Gasteiger partial charge in [0, 0.05) is 73.8 Å². The molecule has 2 aromatic heterocycles. The lowest BCUT2D eigenvalue weighted by Gasteiger charge is -2.36. The fourth-order valence-electron chi connectivity index (χ4n) is 6.44. The van der Waals surface area contributed by atoms with Gasteiger partial charge in [-0.25, -0.2) is 0 Å². The van der Waals surface area contributed by atoms with Gasteiger partial charge < -0.3 is 14.6 Å². The summed E-state index contributed by atoms with van der Waals surface area (Å²) < 4.78 is 1.89. The zero-order valence-electron chi connectivity index (χ0n) is 19.0. The van der Waals surface area contributed by atoms with Gasteiger partial charge in [-0.2, -0.15) is 0 Å². The first kappa shape index (κ1) is 21.1. The molecule has 6 rings (SSSR count). The van der Waals surface area contributed by atoms with Crippen LogP contribution in [0.5, 0.6) is 0 Å². The molecule has 0 aromatic carbocycles. The van der Waals surface area contributed by atoms with Crippen LogP contribution in [0.25, 0.3) is 11.1 Å². The summed E-state index contributed by atoms with van der Waals surface area (Å²) in [4.78, 5) is 35.8. The number of carbonyl (C=O) groups excluding carboxylic acids is 1. The fraction of sp³-hybridized carbons (Fsp3) is 0.577. The molecule has 1 amide bonds. The Morgan fingerprint density at radius 1 is 1.12 bits per heavy atom. The maximum absolute atomic E-state index is 13.7. The smallest absolute Gasteiger partial charge is 0.258 e. The maximum atomic E-state index is 13.7. The second-order valence-corrected chi connectivity index (χ2v) is 10.3. The number of aliphatic hydroxyl groups is 1. The molecule has 7 nitrogen and oxygen atoms in total. The first-order valence-electron chi connectivity index (χ1n) is 12.5. The number of amides is 1. The predicted molar refractivity (Wildman–Crippen MR) is 124 cm³/mol. The molecule has 3 aliphatic heterocycles. The number of piperidine rings is 1. The van der Waals surface area contributed by atoms with Gasteiger partial charge in [0.05, 0.1) is 12.1 Å². The van der Waals surface area contributed by atoms with Crippen LogP contribution in [0.4, 0.5) is 0 Å². The maximum Gasteiger partial charge on any atom is 0.258 e. The van der Waals surface area contributed by atoms with Crippen LogP contribution in [0.2, 0.25) is 0 Å². The van der Waals surface area contributed by atoms with Crippen molar-refractivity contribution in [3.05, 3.63) is 52.7 Å². The molecule has 1 aliphatic carbocycles. The molecule has 7 heteroatoms. The van der Waals surface area contributed by atoms with E-state index in [1.165, 1.54) is 19.3 Å². The number of fused-ring (bicyclic) bond motifs is 3. The quantitative estimate of drug-likeness (QED) is 0.759. The van der Waals surface area contributed by atoms with Gasteiger partial charge >= 0.3 is 0 Å². The van der Waals surface area contributed by atoms with Gasteiger partial charge in [0.15, 0.2) is 0 Å². The Morgan fingerprint density at radius 3 is 2.64 bits per heavy atom. The summed E-state index contributed by atoms with van der Waals surface area (Å²) in [6.45, 7) is 3.06. The monoisotopic (exact) mass is 448 g/mol. The number of hydrogen-bond donors (Lipinski definition) is 1. The molecule has 5 heterocycles. The summed E-state index contributed by atoms with van der Waals surface area (Å²) in [5, 5.41) is 10.5. The van der Waals surface area contributed by atoms with Crippen molar-refractivity contribution in [2.75, 3.05) is 26.2 Å². The molecule has 1 saturated carbocycles. The summed E-state index contributed by atoms with van der Waals surface area (Å²) in [5.74, 6) is 0.730. The van der Waals surface area contributed by atoms with Crippen LogP contribution < -0.4 is 5.56 Å². The van der Waals surface area contributed by atoms with Gasteiger partial charge in [-0.1, -0.05) is 6.07 Å². The van der Waals surface area contributed by atoms with E-state index in [1.807, 2.05) is 27.7 Å². The molecule has 0 bridgehead atoms. The van der Waals surface area contributed by atoms with Gasteiger partial charge in [0.25, 0.3) is 5.56 Å². The van der Waals surface area contributed by atoms with E-state index in [0.717, 1.165) is 43.7 Å². The van der Waals surface area contributed by atoms with Gasteiger partial charge in [-0.3, -0.25) is 19.5 Å². The first-order chi connectivity index (χ1) is 16.2. The van der Waals surface area contributed by atoms with Crippen molar-refractivity contribution in [1.82, 2.24) is 19.4 Å². The highest BCUT2D eigenvalue weighted by Gasteiger charge is 2.56. The minimum absolute atomic E-state index is 0.00290. The topological polar surface area (TPSA) is 78.7 Å². The van der Waals surface area contributed by atoms with E-state index in [9.17, 15) is 14.7 Å². The highest BCUT2D eigenvalue weighted by Crippen LogP contribution is 2.51. The van der Waals surface area contributed by atoms with Crippen molar-refractivity contribution >= 4 is 5.91 Å². The zero-order valence-corrected chi connectivity index (χ0v) is 19.0. The van der Waals surface area contributed by atoms with Crippen molar-refractivity contribution in [3.63, 3.8) is 0 Å². The summed E-state index contributed by atoms with van der Waals surface area (Å²) in [5.41, 5.74) is 2.46. The van der Waals surface area contributed by atoms with Crippen LogP contribution in [-0.2, 0) is 11.3 Å². The number of likely N-dealkylation sites (tertiary alicyclic amines) is 2.